The Morgan fingerprint density at radius 1 is 1.28 bits per heavy atom. The lowest BCUT2D eigenvalue weighted by molar-refractivity contribution is -0.253. The Morgan fingerprint density at radius 3 is 2.46 bits per heavy atom. The van der Waals surface area contributed by atoms with Crippen molar-refractivity contribution in [2.24, 2.45) is 5.16 Å². The molecule has 1 aliphatic rings. The Balaban J connectivity index is 2.34. The molecule has 1 aliphatic heterocycles. The number of carbonyl (C=O) groups is 2. The summed E-state index contributed by atoms with van der Waals surface area (Å²) in [4.78, 5) is 29.1. The molecule has 0 bridgehead atoms. The first-order valence-corrected chi connectivity index (χ1v) is 12.6. The van der Waals surface area contributed by atoms with Crippen LogP contribution in [0.5, 0.6) is 0 Å². The molecule has 216 valence electrons. The number of carbonyl (C=O) groups excluding carboxylic acids is 2. The zero-order valence-electron chi connectivity index (χ0n) is 20.7. The van der Waals surface area contributed by atoms with Gasteiger partial charge in [-0.25, -0.2) is 5.01 Å². The van der Waals surface area contributed by atoms with Gasteiger partial charge in [-0.2, -0.15) is 26.3 Å². The van der Waals surface area contributed by atoms with E-state index < -0.39 is 60.0 Å². The van der Waals surface area contributed by atoms with Gasteiger partial charge in [0.05, 0.1) is 28.2 Å². The summed E-state index contributed by atoms with van der Waals surface area (Å²) in [6.07, 6.45) is -11.2. The Hall–Kier alpha value is -2.44. The second-order valence-corrected chi connectivity index (χ2v) is 10.0. The SMILES string of the molecule is C=C(CC(Cl)/C=C(/Cl)CC)C1(C(F)(F)F)CC(c2ccc(Cl)c(N(NC(=O)CCC(F)(F)F)C(C)=O)c2)=NO1. The predicted molar refractivity (Wildman–Crippen MR) is 137 cm³/mol. The number of amides is 2. The summed E-state index contributed by atoms with van der Waals surface area (Å²) in [5.74, 6) is -1.96. The summed E-state index contributed by atoms with van der Waals surface area (Å²) in [6, 6.07) is 3.68. The molecule has 39 heavy (non-hydrogen) atoms. The first-order valence-electron chi connectivity index (χ1n) is 11.4. The number of alkyl halides is 7. The smallest absolute Gasteiger partial charge is 0.374 e. The number of benzene rings is 1. The van der Waals surface area contributed by atoms with Gasteiger partial charge in [-0.15, -0.1) is 11.6 Å². The number of allylic oxidation sites excluding steroid dienone is 2. The monoisotopic (exact) mass is 621 g/mol. The molecule has 2 atom stereocenters. The number of nitrogens with zero attached hydrogens (tertiary/aromatic N) is 2. The highest BCUT2D eigenvalue weighted by Gasteiger charge is 2.62. The Bertz CT molecular complexity index is 1170. The van der Waals surface area contributed by atoms with Gasteiger partial charge in [-0.3, -0.25) is 15.0 Å². The van der Waals surface area contributed by atoms with Crippen LogP contribution in [-0.2, 0) is 14.4 Å². The number of oxime groups is 1. The van der Waals surface area contributed by atoms with Crippen LogP contribution >= 0.6 is 34.8 Å². The van der Waals surface area contributed by atoms with E-state index in [1.807, 2.05) is 5.43 Å². The van der Waals surface area contributed by atoms with Crippen LogP contribution in [0.4, 0.5) is 32.0 Å². The van der Waals surface area contributed by atoms with E-state index in [4.69, 9.17) is 39.6 Å². The van der Waals surface area contributed by atoms with Crippen molar-refractivity contribution in [3.05, 3.63) is 52.0 Å². The van der Waals surface area contributed by atoms with Crippen LogP contribution in [0.25, 0.3) is 0 Å². The molecular weight excluding hydrogens is 599 g/mol. The van der Waals surface area contributed by atoms with Crippen molar-refractivity contribution in [3.8, 4) is 0 Å². The molecule has 1 heterocycles. The molecule has 15 heteroatoms. The van der Waals surface area contributed by atoms with Crippen LogP contribution in [0.3, 0.4) is 0 Å². The summed E-state index contributed by atoms with van der Waals surface area (Å²) in [6.45, 7) is 6.30. The van der Waals surface area contributed by atoms with Gasteiger partial charge in [-0.05, 0) is 30.5 Å². The molecule has 0 saturated carbocycles. The van der Waals surface area contributed by atoms with Gasteiger partial charge in [0.15, 0.2) is 0 Å². The molecule has 6 nitrogen and oxygen atoms in total. The Labute approximate surface area is 235 Å². The zero-order valence-corrected chi connectivity index (χ0v) is 22.9. The molecule has 0 saturated heterocycles. The standard InChI is InChI=1S/C24H24Cl3F6N3O3/c1-4-16(25)11-17(26)9-13(2)22(24(31,32)33)12-19(35-39-22)15-5-6-18(27)20(10-15)36(14(3)37)34-21(38)7-8-23(28,29)30/h5-6,10-11,17H,2,4,7-9,12H2,1,3H3,(H,34,38)/b16-11+. The number of anilines is 1. The van der Waals surface area contributed by atoms with Gasteiger partial charge < -0.3 is 4.84 Å². The molecule has 0 fully saturated rings. The maximum atomic E-state index is 14.3. The minimum Gasteiger partial charge on any atom is -0.374 e. The van der Waals surface area contributed by atoms with E-state index in [9.17, 15) is 35.9 Å². The first kappa shape index (κ1) is 32.8. The predicted octanol–water partition coefficient (Wildman–Crippen LogP) is 7.58. The number of hydrogen-bond donors (Lipinski definition) is 1. The third-order valence-electron chi connectivity index (χ3n) is 5.61. The Kier molecular flexibility index (Phi) is 10.8. The topological polar surface area (TPSA) is 71.0 Å². The second kappa shape index (κ2) is 12.8. The van der Waals surface area contributed by atoms with E-state index in [-0.39, 0.29) is 28.4 Å². The molecule has 0 aliphatic carbocycles. The maximum Gasteiger partial charge on any atom is 0.435 e. The molecule has 0 spiro atoms. The third-order valence-corrected chi connectivity index (χ3v) is 6.60. The van der Waals surface area contributed by atoms with E-state index in [0.717, 1.165) is 13.0 Å². The lowest BCUT2D eigenvalue weighted by atomic mass is 9.84. The van der Waals surface area contributed by atoms with Crippen molar-refractivity contribution >= 4 is 58.0 Å². The number of hydrazine groups is 1. The molecule has 2 rings (SSSR count). The minimum atomic E-state index is -4.95. The van der Waals surface area contributed by atoms with Crippen LogP contribution in [-0.4, -0.2) is 40.9 Å². The number of nitrogens with one attached hydrogen (secondary N) is 1. The van der Waals surface area contributed by atoms with E-state index in [1.165, 1.54) is 18.2 Å². The van der Waals surface area contributed by atoms with E-state index in [1.54, 1.807) is 6.92 Å². The second-order valence-electron chi connectivity index (χ2n) is 8.59. The molecule has 2 unspecified atom stereocenters. The highest BCUT2D eigenvalue weighted by atomic mass is 35.5. The van der Waals surface area contributed by atoms with Crippen LogP contribution in [0.2, 0.25) is 5.02 Å². The number of halogens is 9. The maximum absolute atomic E-state index is 14.3. The van der Waals surface area contributed by atoms with Crippen molar-refractivity contribution in [3.63, 3.8) is 0 Å². The number of hydrogen-bond acceptors (Lipinski definition) is 4. The zero-order chi connectivity index (χ0) is 29.8. The molecule has 2 amide bonds. The average Bonchev–Trinajstić information content (AvgIpc) is 3.28. The van der Waals surface area contributed by atoms with Crippen LogP contribution in [0, 0.1) is 0 Å². The quantitative estimate of drug-likeness (QED) is 0.134. The summed E-state index contributed by atoms with van der Waals surface area (Å²) in [5, 5.41) is 3.55. The lowest BCUT2D eigenvalue weighted by Gasteiger charge is -2.31. The van der Waals surface area contributed by atoms with Gasteiger partial charge in [0.2, 0.25) is 11.8 Å². The van der Waals surface area contributed by atoms with Gasteiger partial charge in [0, 0.05) is 30.4 Å². The van der Waals surface area contributed by atoms with Crippen LogP contribution in [0.1, 0.15) is 51.5 Å². The molecule has 1 aromatic carbocycles. The average molecular weight is 623 g/mol. The largest absolute Gasteiger partial charge is 0.435 e. The fourth-order valence-electron chi connectivity index (χ4n) is 3.51. The lowest BCUT2D eigenvalue weighted by Crippen LogP contribution is -2.47. The van der Waals surface area contributed by atoms with Crippen molar-refractivity contribution < 1.29 is 40.8 Å². The van der Waals surface area contributed by atoms with Gasteiger partial charge >= 0.3 is 12.4 Å². The van der Waals surface area contributed by atoms with Gasteiger partial charge in [-0.1, -0.05) is 54.0 Å². The molecule has 1 N–H and O–H groups in total. The van der Waals surface area contributed by atoms with E-state index in [0.29, 0.717) is 16.5 Å². The molecule has 0 radical (unpaired) electrons. The van der Waals surface area contributed by atoms with Crippen LogP contribution < -0.4 is 10.4 Å². The first-order chi connectivity index (χ1) is 17.9. The summed E-state index contributed by atoms with van der Waals surface area (Å²) >= 11 is 18.2. The minimum absolute atomic E-state index is 0.0421. The molecular formula is C24H24Cl3F6N3O3. The van der Waals surface area contributed by atoms with Gasteiger partial charge in [0.25, 0.3) is 5.60 Å². The third kappa shape index (κ3) is 8.52. The normalized spacial score (nSPS) is 18.7. The van der Waals surface area contributed by atoms with Crippen molar-refractivity contribution in [1.82, 2.24) is 5.43 Å². The fourth-order valence-corrected chi connectivity index (χ4v) is 4.27. The van der Waals surface area contributed by atoms with E-state index in [2.05, 4.69) is 11.7 Å². The summed E-state index contributed by atoms with van der Waals surface area (Å²) < 4.78 is 80.2. The van der Waals surface area contributed by atoms with Crippen molar-refractivity contribution in [1.29, 1.82) is 0 Å². The van der Waals surface area contributed by atoms with Gasteiger partial charge in [0.1, 0.15) is 0 Å². The van der Waals surface area contributed by atoms with E-state index >= 15 is 0 Å². The summed E-state index contributed by atoms with van der Waals surface area (Å²) in [5.41, 5.74) is -1.63. The molecule has 1 aromatic rings. The van der Waals surface area contributed by atoms with Crippen molar-refractivity contribution in [2.75, 3.05) is 5.01 Å². The summed E-state index contributed by atoms with van der Waals surface area (Å²) in [7, 11) is 0. The van der Waals surface area contributed by atoms with Crippen molar-refractivity contribution in [2.45, 2.75) is 69.3 Å². The Morgan fingerprint density at radius 2 is 1.92 bits per heavy atom. The highest BCUT2D eigenvalue weighted by Crippen LogP contribution is 2.47. The number of rotatable bonds is 9. The highest BCUT2D eigenvalue weighted by molar-refractivity contribution is 6.34. The fraction of sp³-hybridized carbons (Fsp3) is 0.458. The molecule has 0 aromatic heterocycles. The van der Waals surface area contributed by atoms with Crippen LogP contribution in [0.15, 0.2) is 46.6 Å².